The molecule has 2 rings (SSSR count). The zero-order valence-electron chi connectivity index (χ0n) is 11.9. The van der Waals surface area contributed by atoms with Crippen LogP contribution in [0.4, 0.5) is 4.39 Å². The van der Waals surface area contributed by atoms with E-state index >= 15 is 0 Å². The van der Waals surface area contributed by atoms with Crippen LogP contribution in [-0.4, -0.2) is 7.11 Å². The molecule has 0 heterocycles. The first kappa shape index (κ1) is 15.6. The van der Waals surface area contributed by atoms with Gasteiger partial charge in [0.2, 0.25) is 0 Å². The number of methoxy groups -OCH3 is 1. The van der Waals surface area contributed by atoms with Gasteiger partial charge in [0.1, 0.15) is 23.9 Å². The molecule has 0 aliphatic rings. The summed E-state index contributed by atoms with van der Waals surface area (Å²) in [5, 5.41) is 0.0779. The van der Waals surface area contributed by atoms with Crippen molar-refractivity contribution in [1.29, 1.82) is 0 Å². The Morgan fingerprint density at radius 3 is 2.71 bits per heavy atom. The number of ether oxygens (including phenoxy) is 2. The van der Waals surface area contributed by atoms with Crippen LogP contribution in [-0.2, 0) is 6.61 Å². The van der Waals surface area contributed by atoms with E-state index in [4.69, 9.17) is 26.8 Å². The van der Waals surface area contributed by atoms with E-state index in [9.17, 15) is 4.39 Å². The maximum Gasteiger partial charge on any atom is 0.148 e. The van der Waals surface area contributed by atoms with E-state index in [0.29, 0.717) is 17.1 Å². The average molecular weight is 310 g/mol. The fourth-order valence-corrected chi connectivity index (χ4v) is 2.15. The molecular weight excluding hydrogens is 293 g/mol. The molecule has 0 saturated carbocycles. The molecule has 0 radical (unpaired) electrons. The summed E-state index contributed by atoms with van der Waals surface area (Å²) < 4.78 is 24.7. The van der Waals surface area contributed by atoms with E-state index in [1.54, 1.807) is 25.3 Å². The van der Waals surface area contributed by atoms with Gasteiger partial charge in [0.05, 0.1) is 12.1 Å². The normalized spacial score (nSPS) is 12.0. The van der Waals surface area contributed by atoms with Crippen LogP contribution in [0.3, 0.4) is 0 Å². The fourth-order valence-electron chi connectivity index (χ4n) is 1.96. The Morgan fingerprint density at radius 2 is 2.05 bits per heavy atom. The summed E-state index contributed by atoms with van der Waals surface area (Å²) in [6, 6.07) is 10.0. The third kappa shape index (κ3) is 3.65. The van der Waals surface area contributed by atoms with Crippen molar-refractivity contribution in [3.05, 3.63) is 58.4 Å². The summed E-state index contributed by atoms with van der Waals surface area (Å²) in [5.41, 5.74) is 7.13. The lowest BCUT2D eigenvalue weighted by molar-refractivity contribution is 0.293. The standard InChI is InChI=1S/C16H17ClFNO2/c1-10(19)13-7-6-12(20-2)8-15(13)21-9-11-4-3-5-14(17)16(11)18/h3-8,10H,9,19H2,1-2H3. The van der Waals surface area contributed by atoms with Gasteiger partial charge in [-0.15, -0.1) is 0 Å². The lowest BCUT2D eigenvalue weighted by Crippen LogP contribution is -2.08. The summed E-state index contributed by atoms with van der Waals surface area (Å²) in [6.45, 7) is 1.92. The maximum atomic E-state index is 13.8. The molecule has 1 atom stereocenters. The van der Waals surface area contributed by atoms with Gasteiger partial charge in [0, 0.05) is 23.2 Å². The minimum atomic E-state index is -0.468. The first-order valence-corrected chi connectivity index (χ1v) is 6.90. The van der Waals surface area contributed by atoms with E-state index in [0.717, 1.165) is 5.56 Å². The van der Waals surface area contributed by atoms with E-state index < -0.39 is 5.82 Å². The molecule has 0 amide bonds. The second kappa shape index (κ2) is 6.78. The molecule has 0 fully saturated rings. The average Bonchev–Trinajstić information content (AvgIpc) is 2.48. The smallest absolute Gasteiger partial charge is 0.148 e. The summed E-state index contributed by atoms with van der Waals surface area (Å²) in [6.07, 6.45) is 0. The predicted molar refractivity (Wildman–Crippen MR) is 81.3 cm³/mol. The molecule has 0 saturated heterocycles. The third-order valence-corrected chi connectivity index (χ3v) is 3.42. The second-order valence-electron chi connectivity index (χ2n) is 4.69. The molecule has 5 heteroatoms. The Labute approximate surface area is 128 Å². The van der Waals surface area contributed by atoms with Crippen molar-refractivity contribution in [2.45, 2.75) is 19.6 Å². The number of benzene rings is 2. The summed E-state index contributed by atoms with van der Waals surface area (Å²) in [4.78, 5) is 0. The lowest BCUT2D eigenvalue weighted by atomic mass is 10.1. The van der Waals surface area contributed by atoms with Gasteiger partial charge in [-0.1, -0.05) is 29.8 Å². The topological polar surface area (TPSA) is 44.5 Å². The maximum absolute atomic E-state index is 13.8. The van der Waals surface area contributed by atoms with E-state index in [-0.39, 0.29) is 17.7 Å². The number of nitrogens with two attached hydrogens (primary N) is 1. The molecule has 112 valence electrons. The minimum absolute atomic E-state index is 0.0687. The molecule has 21 heavy (non-hydrogen) atoms. The first-order valence-electron chi connectivity index (χ1n) is 6.52. The van der Waals surface area contributed by atoms with E-state index in [2.05, 4.69) is 0 Å². The van der Waals surface area contributed by atoms with Crippen LogP contribution in [0.5, 0.6) is 11.5 Å². The zero-order chi connectivity index (χ0) is 15.4. The highest BCUT2D eigenvalue weighted by atomic mass is 35.5. The quantitative estimate of drug-likeness (QED) is 0.905. The Bertz CT molecular complexity index is 632. The van der Waals surface area contributed by atoms with Crippen molar-refractivity contribution in [3.8, 4) is 11.5 Å². The van der Waals surface area contributed by atoms with Gasteiger partial charge in [0.15, 0.2) is 0 Å². The SMILES string of the molecule is COc1ccc(C(C)N)c(OCc2cccc(Cl)c2F)c1. The molecule has 0 bridgehead atoms. The molecule has 2 aromatic carbocycles. The Balaban J connectivity index is 2.24. The van der Waals surface area contributed by atoms with Crippen molar-refractivity contribution < 1.29 is 13.9 Å². The molecule has 0 aliphatic carbocycles. The highest BCUT2D eigenvalue weighted by Gasteiger charge is 2.12. The monoisotopic (exact) mass is 309 g/mol. The van der Waals surface area contributed by atoms with Gasteiger partial charge in [-0.2, -0.15) is 0 Å². The number of halogens is 2. The van der Waals surface area contributed by atoms with Crippen LogP contribution < -0.4 is 15.2 Å². The van der Waals surface area contributed by atoms with Gasteiger partial charge in [-0.3, -0.25) is 0 Å². The highest BCUT2D eigenvalue weighted by molar-refractivity contribution is 6.30. The van der Waals surface area contributed by atoms with Crippen LogP contribution in [0.25, 0.3) is 0 Å². The molecular formula is C16H17ClFNO2. The summed E-state index contributed by atoms with van der Waals surface area (Å²) in [5.74, 6) is 0.758. The Morgan fingerprint density at radius 1 is 1.29 bits per heavy atom. The zero-order valence-corrected chi connectivity index (χ0v) is 12.7. The van der Waals surface area contributed by atoms with Crippen LogP contribution in [0, 0.1) is 5.82 Å². The van der Waals surface area contributed by atoms with Gasteiger partial charge in [-0.25, -0.2) is 4.39 Å². The lowest BCUT2D eigenvalue weighted by Gasteiger charge is -2.15. The van der Waals surface area contributed by atoms with Crippen molar-refractivity contribution in [3.63, 3.8) is 0 Å². The van der Waals surface area contributed by atoms with Crippen molar-refractivity contribution in [2.24, 2.45) is 5.73 Å². The number of hydrogen-bond donors (Lipinski definition) is 1. The minimum Gasteiger partial charge on any atom is -0.497 e. The van der Waals surface area contributed by atoms with Gasteiger partial charge >= 0.3 is 0 Å². The largest absolute Gasteiger partial charge is 0.497 e. The molecule has 0 aromatic heterocycles. The fraction of sp³-hybridized carbons (Fsp3) is 0.250. The molecule has 2 N–H and O–H groups in total. The molecule has 0 aliphatic heterocycles. The molecule has 0 spiro atoms. The molecule has 3 nitrogen and oxygen atoms in total. The number of hydrogen-bond acceptors (Lipinski definition) is 3. The van der Waals surface area contributed by atoms with Crippen molar-refractivity contribution in [1.82, 2.24) is 0 Å². The third-order valence-electron chi connectivity index (χ3n) is 3.13. The molecule has 1 unspecified atom stereocenters. The van der Waals surface area contributed by atoms with Gasteiger partial charge < -0.3 is 15.2 Å². The second-order valence-corrected chi connectivity index (χ2v) is 5.10. The predicted octanol–water partition coefficient (Wildman–Crippen LogP) is 4.09. The van der Waals surface area contributed by atoms with Crippen molar-refractivity contribution >= 4 is 11.6 Å². The molecule has 2 aromatic rings. The Kier molecular flexibility index (Phi) is 5.04. The Hall–Kier alpha value is -1.78. The number of rotatable bonds is 5. The van der Waals surface area contributed by atoms with Gasteiger partial charge in [-0.05, 0) is 19.1 Å². The van der Waals surface area contributed by atoms with Crippen LogP contribution in [0.15, 0.2) is 36.4 Å². The van der Waals surface area contributed by atoms with E-state index in [1.807, 2.05) is 19.1 Å². The van der Waals surface area contributed by atoms with Crippen LogP contribution in [0.1, 0.15) is 24.1 Å². The van der Waals surface area contributed by atoms with E-state index in [1.165, 1.54) is 6.07 Å². The van der Waals surface area contributed by atoms with Crippen LogP contribution in [0.2, 0.25) is 5.02 Å². The van der Waals surface area contributed by atoms with Crippen molar-refractivity contribution in [2.75, 3.05) is 7.11 Å². The summed E-state index contributed by atoms with van der Waals surface area (Å²) in [7, 11) is 1.57. The van der Waals surface area contributed by atoms with Gasteiger partial charge in [0.25, 0.3) is 0 Å². The summed E-state index contributed by atoms with van der Waals surface area (Å²) >= 11 is 5.75. The first-order chi connectivity index (χ1) is 10.0. The highest BCUT2D eigenvalue weighted by Crippen LogP contribution is 2.29. The van der Waals surface area contributed by atoms with Crippen LogP contribution >= 0.6 is 11.6 Å².